The number of carbonyl (C=O) groups is 1. The van der Waals surface area contributed by atoms with E-state index < -0.39 is 0 Å². The number of ketones is 1. The van der Waals surface area contributed by atoms with Gasteiger partial charge in [-0.3, -0.25) is 4.79 Å². The summed E-state index contributed by atoms with van der Waals surface area (Å²) in [5.41, 5.74) is 2.02. The van der Waals surface area contributed by atoms with Crippen LogP contribution >= 0.6 is 0 Å². The lowest BCUT2D eigenvalue weighted by Gasteiger charge is -2.04. The van der Waals surface area contributed by atoms with Crippen LogP contribution in [0.3, 0.4) is 0 Å². The quantitative estimate of drug-likeness (QED) is 0.494. The monoisotopic (exact) mass is 282 g/mol. The van der Waals surface area contributed by atoms with Crippen molar-refractivity contribution in [2.75, 3.05) is 6.61 Å². The zero-order valence-electron chi connectivity index (χ0n) is 12.3. The molecule has 2 heteroatoms. The smallest absolute Gasteiger partial charge is 0.162 e. The average molecular weight is 282 g/mol. The molecule has 0 aliphatic carbocycles. The Labute approximate surface area is 126 Å². The molecule has 0 aromatic heterocycles. The van der Waals surface area contributed by atoms with Crippen LogP contribution in [0.2, 0.25) is 0 Å². The highest BCUT2D eigenvalue weighted by Crippen LogP contribution is 2.08. The zero-order chi connectivity index (χ0) is 14.8. The summed E-state index contributed by atoms with van der Waals surface area (Å²) in [5, 5.41) is 0. The number of benzene rings is 2. The van der Waals surface area contributed by atoms with E-state index in [1.54, 1.807) is 0 Å². The predicted octanol–water partition coefficient (Wildman–Crippen LogP) is 4.65. The van der Waals surface area contributed by atoms with Crippen LogP contribution < -0.4 is 0 Å². The third-order valence-corrected chi connectivity index (χ3v) is 3.40. The highest BCUT2D eigenvalue weighted by molar-refractivity contribution is 5.95. The van der Waals surface area contributed by atoms with Crippen molar-refractivity contribution in [1.82, 2.24) is 0 Å². The summed E-state index contributed by atoms with van der Waals surface area (Å²) in [5.74, 6) is 0.237. The fraction of sp³-hybridized carbons (Fsp3) is 0.316. The Balaban J connectivity index is 1.51. The second kappa shape index (κ2) is 9.09. The molecule has 0 radical (unpaired) electrons. The Kier molecular flexibility index (Phi) is 6.69. The van der Waals surface area contributed by atoms with E-state index in [9.17, 15) is 4.79 Å². The Morgan fingerprint density at radius 3 is 2.19 bits per heavy atom. The summed E-state index contributed by atoms with van der Waals surface area (Å²) in [6.07, 6.45) is 3.60. The van der Waals surface area contributed by atoms with E-state index in [0.717, 1.165) is 31.4 Å². The highest BCUT2D eigenvalue weighted by atomic mass is 16.5. The lowest BCUT2D eigenvalue weighted by Crippen LogP contribution is -1.99. The molecule has 0 atom stereocenters. The molecule has 0 saturated carbocycles. The first kappa shape index (κ1) is 15.5. The van der Waals surface area contributed by atoms with Crippen LogP contribution in [-0.2, 0) is 11.3 Å². The number of unbranched alkanes of at least 4 members (excludes halogenated alkanes) is 2. The molecular formula is C19H22O2. The van der Waals surface area contributed by atoms with Gasteiger partial charge in [-0.2, -0.15) is 0 Å². The average Bonchev–Trinajstić information content (AvgIpc) is 2.55. The first-order valence-corrected chi connectivity index (χ1v) is 7.56. The Hall–Kier alpha value is -1.93. The molecule has 2 aromatic rings. The number of ether oxygens (including phenoxy) is 1. The minimum atomic E-state index is 0.237. The lowest BCUT2D eigenvalue weighted by atomic mass is 10.1. The van der Waals surface area contributed by atoms with Crippen molar-refractivity contribution in [3.63, 3.8) is 0 Å². The zero-order valence-corrected chi connectivity index (χ0v) is 12.3. The van der Waals surface area contributed by atoms with Crippen molar-refractivity contribution in [1.29, 1.82) is 0 Å². The van der Waals surface area contributed by atoms with Gasteiger partial charge in [0.2, 0.25) is 0 Å². The summed E-state index contributed by atoms with van der Waals surface area (Å²) in [4.78, 5) is 11.9. The molecule has 0 unspecified atom stereocenters. The molecule has 2 aromatic carbocycles. The summed E-state index contributed by atoms with van der Waals surface area (Å²) >= 11 is 0. The minimum Gasteiger partial charge on any atom is -0.377 e. The Morgan fingerprint density at radius 2 is 1.48 bits per heavy atom. The number of rotatable bonds is 9. The summed E-state index contributed by atoms with van der Waals surface area (Å²) in [6, 6.07) is 19.7. The van der Waals surface area contributed by atoms with Crippen LogP contribution in [-0.4, -0.2) is 12.4 Å². The molecular weight excluding hydrogens is 260 g/mol. The summed E-state index contributed by atoms with van der Waals surface area (Å²) < 4.78 is 5.63. The van der Waals surface area contributed by atoms with E-state index in [4.69, 9.17) is 4.74 Å². The van der Waals surface area contributed by atoms with Gasteiger partial charge < -0.3 is 4.74 Å². The van der Waals surface area contributed by atoms with Gasteiger partial charge >= 0.3 is 0 Å². The molecule has 2 nitrogen and oxygen atoms in total. The van der Waals surface area contributed by atoms with Crippen LogP contribution in [0, 0.1) is 0 Å². The molecule has 0 aliphatic heterocycles. The molecule has 0 saturated heterocycles. The van der Waals surface area contributed by atoms with Crippen LogP contribution in [0.1, 0.15) is 41.6 Å². The summed E-state index contributed by atoms with van der Waals surface area (Å²) in [6.45, 7) is 1.43. The number of hydrogen-bond donors (Lipinski definition) is 0. The first-order chi connectivity index (χ1) is 10.4. The predicted molar refractivity (Wildman–Crippen MR) is 85.3 cm³/mol. The van der Waals surface area contributed by atoms with Gasteiger partial charge in [-0.1, -0.05) is 67.1 Å². The van der Waals surface area contributed by atoms with Crippen LogP contribution in [0.25, 0.3) is 0 Å². The second-order valence-corrected chi connectivity index (χ2v) is 5.14. The van der Waals surface area contributed by atoms with E-state index in [-0.39, 0.29) is 5.78 Å². The van der Waals surface area contributed by atoms with E-state index in [1.807, 2.05) is 48.5 Å². The molecule has 110 valence electrons. The third kappa shape index (κ3) is 5.92. The van der Waals surface area contributed by atoms with Crippen molar-refractivity contribution < 1.29 is 9.53 Å². The molecule has 0 heterocycles. The topological polar surface area (TPSA) is 26.3 Å². The molecule has 0 fully saturated rings. The Morgan fingerprint density at radius 1 is 0.810 bits per heavy atom. The van der Waals surface area contributed by atoms with Crippen molar-refractivity contribution in [3.05, 3.63) is 71.8 Å². The maximum Gasteiger partial charge on any atom is 0.162 e. The van der Waals surface area contributed by atoms with Gasteiger partial charge in [0.25, 0.3) is 0 Å². The van der Waals surface area contributed by atoms with Crippen molar-refractivity contribution >= 4 is 5.78 Å². The Bertz CT molecular complexity index is 520. The van der Waals surface area contributed by atoms with Gasteiger partial charge in [0, 0.05) is 18.6 Å². The number of carbonyl (C=O) groups excluding carboxylic acids is 1. The van der Waals surface area contributed by atoms with Gasteiger partial charge in [-0.05, 0) is 18.4 Å². The van der Waals surface area contributed by atoms with Gasteiger partial charge in [-0.15, -0.1) is 0 Å². The number of hydrogen-bond acceptors (Lipinski definition) is 2. The molecule has 0 amide bonds. The summed E-state index contributed by atoms with van der Waals surface area (Å²) in [7, 11) is 0. The normalized spacial score (nSPS) is 10.5. The van der Waals surface area contributed by atoms with Gasteiger partial charge in [-0.25, -0.2) is 0 Å². The molecule has 0 spiro atoms. The first-order valence-electron chi connectivity index (χ1n) is 7.56. The van der Waals surface area contributed by atoms with Crippen LogP contribution in [0.15, 0.2) is 60.7 Å². The molecule has 0 N–H and O–H groups in total. The van der Waals surface area contributed by atoms with Crippen molar-refractivity contribution in [2.45, 2.75) is 32.3 Å². The van der Waals surface area contributed by atoms with E-state index in [2.05, 4.69) is 12.1 Å². The fourth-order valence-corrected chi connectivity index (χ4v) is 2.20. The highest BCUT2D eigenvalue weighted by Gasteiger charge is 2.03. The molecule has 2 rings (SSSR count). The molecule has 0 bridgehead atoms. The fourth-order valence-electron chi connectivity index (χ4n) is 2.20. The van der Waals surface area contributed by atoms with Crippen molar-refractivity contribution in [2.24, 2.45) is 0 Å². The van der Waals surface area contributed by atoms with E-state index in [1.165, 1.54) is 5.56 Å². The van der Waals surface area contributed by atoms with Gasteiger partial charge in [0.15, 0.2) is 5.78 Å². The van der Waals surface area contributed by atoms with Crippen LogP contribution in [0.4, 0.5) is 0 Å². The van der Waals surface area contributed by atoms with E-state index in [0.29, 0.717) is 13.0 Å². The van der Waals surface area contributed by atoms with Crippen molar-refractivity contribution in [3.8, 4) is 0 Å². The standard InChI is InChI=1S/C19H22O2/c20-19(18-12-6-2-7-13-18)14-8-3-9-15-21-16-17-10-4-1-5-11-17/h1-2,4-7,10-13H,3,8-9,14-16H2. The minimum absolute atomic E-state index is 0.237. The maximum atomic E-state index is 11.9. The maximum absolute atomic E-state index is 11.9. The van der Waals surface area contributed by atoms with Gasteiger partial charge in [0.1, 0.15) is 0 Å². The molecule has 0 aliphatic rings. The van der Waals surface area contributed by atoms with E-state index >= 15 is 0 Å². The third-order valence-electron chi connectivity index (χ3n) is 3.40. The second-order valence-electron chi connectivity index (χ2n) is 5.14. The number of Topliss-reactive ketones (excluding diaryl/α,β-unsaturated/α-hetero) is 1. The SMILES string of the molecule is O=C(CCCCCOCc1ccccc1)c1ccccc1. The van der Waals surface area contributed by atoms with Crippen LogP contribution in [0.5, 0.6) is 0 Å². The largest absolute Gasteiger partial charge is 0.377 e. The van der Waals surface area contributed by atoms with Gasteiger partial charge in [0.05, 0.1) is 6.61 Å². The molecule has 21 heavy (non-hydrogen) atoms. The lowest BCUT2D eigenvalue weighted by molar-refractivity contribution is 0.0971.